The lowest BCUT2D eigenvalue weighted by molar-refractivity contribution is -0.115. The first kappa shape index (κ1) is 19.8. The number of carbonyl (C=O) groups is 1. The maximum atomic E-state index is 13.6. The first-order valence-corrected chi connectivity index (χ1v) is 10.0. The van der Waals surface area contributed by atoms with Crippen molar-refractivity contribution in [2.75, 3.05) is 17.3 Å². The summed E-state index contributed by atoms with van der Waals surface area (Å²) < 4.78 is 1.67. The fourth-order valence-corrected chi connectivity index (χ4v) is 4.06. The van der Waals surface area contributed by atoms with Crippen LogP contribution in [-0.2, 0) is 4.79 Å². The zero-order valence-corrected chi connectivity index (χ0v) is 17.9. The zero-order chi connectivity index (χ0) is 20.7. The van der Waals surface area contributed by atoms with E-state index in [-0.39, 0.29) is 5.91 Å². The van der Waals surface area contributed by atoms with Crippen LogP contribution in [0.3, 0.4) is 0 Å². The van der Waals surface area contributed by atoms with Gasteiger partial charge >= 0.3 is 0 Å². The van der Waals surface area contributed by atoms with Gasteiger partial charge in [0.15, 0.2) is 0 Å². The molecule has 148 valence electrons. The maximum absolute atomic E-state index is 13.6. The third-order valence-corrected chi connectivity index (χ3v) is 6.04. The minimum Gasteiger partial charge on any atom is -0.342 e. The van der Waals surface area contributed by atoms with Crippen LogP contribution in [0.25, 0.3) is 0 Å². The van der Waals surface area contributed by atoms with E-state index in [2.05, 4.69) is 10.4 Å². The number of allylic oxidation sites excluding steroid dienone is 1. The lowest BCUT2D eigenvalue weighted by Crippen LogP contribution is -2.36. The number of hydrogen-bond acceptors (Lipinski definition) is 3. The molecule has 1 unspecified atom stereocenters. The molecule has 2 heterocycles. The zero-order valence-electron chi connectivity index (χ0n) is 15.7. The van der Waals surface area contributed by atoms with Crippen LogP contribution in [0.4, 0.5) is 11.5 Å². The van der Waals surface area contributed by atoms with Gasteiger partial charge in [-0.2, -0.15) is 5.10 Å². The molecule has 1 aliphatic rings. The SMILES string of the molecule is CC1=C(C(=O)N(C)c2ccccc2)C(c2cccc(Cl)c2Cl)n2ncc(Cl)c2N1. The van der Waals surface area contributed by atoms with Gasteiger partial charge in [-0.3, -0.25) is 4.79 Å². The number of nitrogens with zero attached hydrogens (tertiary/aromatic N) is 3. The maximum Gasteiger partial charge on any atom is 0.258 e. The number of fused-ring (bicyclic) bond motifs is 1. The van der Waals surface area contributed by atoms with Crippen LogP contribution in [0.15, 0.2) is 66.0 Å². The summed E-state index contributed by atoms with van der Waals surface area (Å²) in [6, 6.07) is 14.2. The first-order chi connectivity index (χ1) is 13.9. The van der Waals surface area contributed by atoms with E-state index in [1.165, 1.54) is 6.20 Å². The molecule has 1 amide bonds. The molecular weight excluding hydrogens is 431 g/mol. The molecule has 4 rings (SSSR count). The Morgan fingerprint density at radius 2 is 1.79 bits per heavy atom. The van der Waals surface area contributed by atoms with Crippen molar-refractivity contribution in [1.29, 1.82) is 0 Å². The summed E-state index contributed by atoms with van der Waals surface area (Å²) in [4.78, 5) is 15.2. The minimum atomic E-state index is -0.580. The van der Waals surface area contributed by atoms with Gasteiger partial charge in [0.25, 0.3) is 5.91 Å². The van der Waals surface area contributed by atoms with Gasteiger partial charge < -0.3 is 10.2 Å². The number of para-hydroxylation sites is 1. The predicted molar refractivity (Wildman–Crippen MR) is 118 cm³/mol. The van der Waals surface area contributed by atoms with E-state index in [9.17, 15) is 4.79 Å². The van der Waals surface area contributed by atoms with Gasteiger partial charge in [0, 0.05) is 24.0 Å². The third-order valence-electron chi connectivity index (χ3n) is 4.93. The number of nitrogens with one attached hydrogen (secondary N) is 1. The summed E-state index contributed by atoms with van der Waals surface area (Å²) in [6.07, 6.45) is 1.54. The fourth-order valence-electron chi connectivity index (χ4n) is 3.47. The molecule has 1 atom stereocenters. The Labute approximate surface area is 183 Å². The van der Waals surface area contributed by atoms with Gasteiger partial charge in [0.1, 0.15) is 16.9 Å². The molecule has 5 nitrogen and oxygen atoms in total. The van der Waals surface area contributed by atoms with Crippen LogP contribution in [0.5, 0.6) is 0 Å². The lowest BCUT2D eigenvalue weighted by Gasteiger charge is -2.32. The van der Waals surface area contributed by atoms with Crippen LogP contribution in [0.1, 0.15) is 18.5 Å². The quantitative estimate of drug-likeness (QED) is 0.552. The number of carbonyl (C=O) groups excluding carboxylic acids is 1. The summed E-state index contributed by atoms with van der Waals surface area (Å²) in [6.45, 7) is 1.84. The lowest BCUT2D eigenvalue weighted by atomic mass is 9.94. The molecule has 1 aliphatic heterocycles. The molecule has 29 heavy (non-hydrogen) atoms. The van der Waals surface area contributed by atoms with Crippen LogP contribution >= 0.6 is 34.8 Å². The van der Waals surface area contributed by atoms with Gasteiger partial charge in [-0.15, -0.1) is 0 Å². The second kappa shape index (κ2) is 7.75. The molecule has 1 N–H and O–H groups in total. The second-order valence-corrected chi connectivity index (χ2v) is 7.89. The van der Waals surface area contributed by atoms with Crippen LogP contribution in [-0.4, -0.2) is 22.7 Å². The molecule has 0 aliphatic carbocycles. The Morgan fingerprint density at radius 1 is 1.07 bits per heavy atom. The summed E-state index contributed by atoms with van der Waals surface area (Å²) in [7, 11) is 1.74. The molecule has 1 aromatic heterocycles. The standard InChI is InChI=1S/C21H17Cl3N4O/c1-12-17(21(29)27(2)13-7-4-3-5-8-13)19(14-9-6-10-15(22)18(14)24)28-20(26-12)16(23)11-25-28/h3-11,19,26H,1-2H3. The number of benzene rings is 2. The highest BCUT2D eigenvalue weighted by atomic mass is 35.5. The average molecular weight is 448 g/mol. The molecule has 0 radical (unpaired) electrons. The molecule has 0 fully saturated rings. The molecular formula is C21H17Cl3N4O. The monoisotopic (exact) mass is 446 g/mol. The van der Waals surface area contributed by atoms with E-state index in [0.29, 0.717) is 37.7 Å². The van der Waals surface area contributed by atoms with Crippen molar-refractivity contribution in [2.24, 2.45) is 0 Å². The highest BCUT2D eigenvalue weighted by molar-refractivity contribution is 6.42. The normalized spacial score (nSPS) is 15.7. The highest BCUT2D eigenvalue weighted by Gasteiger charge is 2.36. The number of rotatable bonds is 3. The largest absolute Gasteiger partial charge is 0.342 e. The van der Waals surface area contributed by atoms with Crippen molar-refractivity contribution < 1.29 is 4.79 Å². The minimum absolute atomic E-state index is 0.181. The Morgan fingerprint density at radius 3 is 2.52 bits per heavy atom. The molecule has 0 saturated carbocycles. The number of hydrogen-bond donors (Lipinski definition) is 1. The predicted octanol–water partition coefficient (Wildman–Crippen LogP) is 5.80. The van der Waals surface area contributed by atoms with E-state index in [1.807, 2.05) is 43.3 Å². The molecule has 2 aromatic carbocycles. The molecule has 8 heteroatoms. The summed E-state index contributed by atoms with van der Waals surface area (Å²) >= 11 is 19.1. The van der Waals surface area contributed by atoms with Crippen LogP contribution in [0, 0.1) is 0 Å². The highest BCUT2D eigenvalue weighted by Crippen LogP contribution is 2.43. The number of anilines is 2. The van der Waals surface area contributed by atoms with E-state index in [0.717, 1.165) is 5.69 Å². The van der Waals surface area contributed by atoms with Gasteiger partial charge in [-0.05, 0) is 25.1 Å². The van der Waals surface area contributed by atoms with Gasteiger partial charge in [-0.1, -0.05) is 65.1 Å². The van der Waals surface area contributed by atoms with Crippen LogP contribution < -0.4 is 10.2 Å². The molecule has 0 spiro atoms. The smallest absolute Gasteiger partial charge is 0.258 e. The van der Waals surface area contributed by atoms with Crippen molar-refractivity contribution in [3.8, 4) is 0 Å². The number of halogens is 3. The Bertz CT molecular complexity index is 1120. The number of likely N-dealkylation sites (N-methyl/N-ethyl adjacent to an activating group) is 1. The summed E-state index contributed by atoms with van der Waals surface area (Å²) in [5.41, 5.74) is 2.63. The van der Waals surface area contributed by atoms with Crippen molar-refractivity contribution in [3.63, 3.8) is 0 Å². The van der Waals surface area contributed by atoms with Crippen molar-refractivity contribution >= 4 is 52.2 Å². The number of amides is 1. The Hall–Kier alpha value is -2.47. The van der Waals surface area contributed by atoms with Gasteiger partial charge in [0.05, 0.1) is 21.8 Å². The topological polar surface area (TPSA) is 50.2 Å². The van der Waals surface area contributed by atoms with E-state index in [1.54, 1.807) is 28.8 Å². The molecule has 0 bridgehead atoms. The average Bonchev–Trinajstić information content (AvgIpc) is 3.09. The van der Waals surface area contributed by atoms with E-state index in [4.69, 9.17) is 34.8 Å². The summed E-state index contributed by atoms with van der Waals surface area (Å²) in [5.74, 6) is 0.420. The molecule has 0 saturated heterocycles. The van der Waals surface area contributed by atoms with Crippen molar-refractivity contribution in [3.05, 3.63) is 86.6 Å². The fraction of sp³-hybridized carbons (Fsp3) is 0.143. The first-order valence-electron chi connectivity index (χ1n) is 8.88. The van der Waals surface area contributed by atoms with Crippen molar-refractivity contribution in [1.82, 2.24) is 9.78 Å². The summed E-state index contributed by atoms with van der Waals surface area (Å²) in [5, 5.41) is 8.84. The second-order valence-electron chi connectivity index (χ2n) is 6.69. The third kappa shape index (κ3) is 3.39. The number of aromatic nitrogens is 2. The van der Waals surface area contributed by atoms with Gasteiger partial charge in [-0.25, -0.2) is 4.68 Å². The van der Waals surface area contributed by atoms with E-state index >= 15 is 0 Å². The Balaban J connectivity index is 1.88. The van der Waals surface area contributed by atoms with E-state index < -0.39 is 6.04 Å². The van der Waals surface area contributed by atoms with Crippen molar-refractivity contribution in [2.45, 2.75) is 13.0 Å². The molecule has 3 aromatic rings. The van der Waals surface area contributed by atoms with Gasteiger partial charge in [0.2, 0.25) is 0 Å². The Kier molecular flexibility index (Phi) is 5.30. The van der Waals surface area contributed by atoms with Crippen LogP contribution in [0.2, 0.25) is 15.1 Å².